The molecule has 0 saturated carbocycles. The number of hydrogen-bond donors (Lipinski definition) is 3. The number of ether oxygens (including phenoxy) is 1. The number of thioether (sulfide) groups is 1. The lowest BCUT2D eigenvalue weighted by atomic mass is 10.1. The molecule has 0 aliphatic carbocycles. The average molecular weight is 590 g/mol. The van der Waals surface area contributed by atoms with Crippen LogP contribution in [0.25, 0.3) is 11.3 Å². The Labute approximate surface area is 244 Å². The normalized spacial score (nSPS) is 11.1. The first-order chi connectivity index (χ1) is 19.4. The lowest BCUT2D eigenvalue weighted by Gasteiger charge is -2.21. The average Bonchev–Trinajstić information content (AvgIpc) is 2.94. The van der Waals surface area contributed by atoms with Gasteiger partial charge in [-0.1, -0.05) is 18.5 Å². The highest BCUT2D eigenvalue weighted by molar-refractivity contribution is 7.98. The molecule has 0 spiro atoms. The molecule has 3 aromatic rings. The van der Waals surface area contributed by atoms with E-state index in [1.54, 1.807) is 36.2 Å². The first-order valence-electron chi connectivity index (χ1n) is 13.3. The lowest BCUT2D eigenvalue weighted by Crippen LogP contribution is -2.34. The Morgan fingerprint density at radius 1 is 1.15 bits per heavy atom. The second kappa shape index (κ2) is 17.0. The smallest absolute Gasteiger partial charge is 0.257 e. The fourth-order valence-corrected chi connectivity index (χ4v) is 4.47. The van der Waals surface area contributed by atoms with E-state index in [4.69, 9.17) is 16.3 Å². The van der Waals surface area contributed by atoms with Gasteiger partial charge in [-0.2, -0.15) is 11.8 Å². The van der Waals surface area contributed by atoms with Gasteiger partial charge in [0.15, 0.2) is 0 Å². The van der Waals surface area contributed by atoms with Crippen molar-refractivity contribution in [2.24, 2.45) is 0 Å². The number of nitrogens with zero attached hydrogens (tertiary/aromatic N) is 4. The van der Waals surface area contributed by atoms with Gasteiger partial charge in [0, 0.05) is 54.6 Å². The summed E-state index contributed by atoms with van der Waals surface area (Å²) in [5.41, 5.74) is 1.67. The van der Waals surface area contributed by atoms with Crippen molar-refractivity contribution in [3.63, 3.8) is 0 Å². The highest BCUT2D eigenvalue weighted by Crippen LogP contribution is 2.32. The van der Waals surface area contributed by atoms with Gasteiger partial charge in [-0.05, 0) is 68.8 Å². The zero-order valence-electron chi connectivity index (χ0n) is 23.2. The van der Waals surface area contributed by atoms with Crippen LogP contribution in [-0.2, 0) is 4.79 Å². The van der Waals surface area contributed by atoms with E-state index in [-0.39, 0.29) is 17.4 Å². The summed E-state index contributed by atoms with van der Waals surface area (Å²) >= 11 is 7.83. The summed E-state index contributed by atoms with van der Waals surface area (Å²) in [6.45, 7) is 5.95. The second-order valence-corrected chi connectivity index (χ2v) is 10.5. The fraction of sp³-hybridized carbons (Fsp3) is 0.429. The molecule has 0 atom stereocenters. The van der Waals surface area contributed by atoms with E-state index in [9.17, 15) is 9.18 Å². The number of pyridine rings is 1. The van der Waals surface area contributed by atoms with E-state index in [0.29, 0.717) is 47.5 Å². The first kappa shape index (κ1) is 31.5. The SMILES string of the molecule is CCCN(CCNC)CCC(=O)Nc1cc(Nc2cc(-c3cc(Cl)ccc3F)nnc2OCCCSC)ccn1. The van der Waals surface area contributed by atoms with Crippen LogP contribution in [0.2, 0.25) is 5.02 Å². The van der Waals surface area contributed by atoms with Gasteiger partial charge in [0.1, 0.15) is 17.3 Å². The number of rotatable bonds is 17. The molecule has 216 valence electrons. The number of nitrogens with one attached hydrogen (secondary N) is 3. The molecule has 0 saturated heterocycles. The lowest BCUT2D eigenvalue weighted by molar-refractivity contribution is -0.116. The Balaban J connectivity index is 1.75. The topological polar surface area (TPSA) is 104 Å². The summed E-state index contributed by atoms with van der Waals surface area (Å²) in [5.74, 6) is 1.07. The Bertz CT molecular complexity index is 1240. The molecule has 0 aliphatic rings. The predicted octanol–water partition coefficient (Wildman–Crippen LogP) is 5.47. The minimum Gasteiger partial charge on any atom is -0.475 e. The number of benzene rings is 1. The number of carbonyl (C=O) groups excluding carboxylic acids is 1. The van der Waals surface area contributed by atoms with E-state index < -0.39 is 5.82 Å². The van der Waals surface area contributed by atoms with Gasteiger partial charge in [-0.3, -0.25) is 4.79 Å². The Morgan fingerprint density at radius 3 is 2.77 bits per heavy atom. The third kappa shape index (κ3) is 10.2. The van der Waals surface area contributed by atoms with Gasteiger partial charge >= 0.3 is 0 Å². The predicted molar refractivity (Wildman–Crippen MR) is 162 cm³/mol. The van der Waals surface area contributed by atoms with Crippen molar-refractivity contribution < 1.29 is 13.9 Å². The molecule has 2 aromatic heterocycles. The highest BCUT2D eigenvalue weighted by atomic mass is 35.5. The van der Waals surface area contributed by atoms with Crippen LogP contribution in [0, 0.1) is 5.82 Å². The molecule has 0 bridgehead atoms. The second-order valence-electron chi connectivity index (χ2n) is 9.07. The number of hydrogen-bond acceptors (Lipinski definition) is 9. The van der Waals surface area contributed by atoms with Crippen LogP contribution in [0.1, 0.15) is 26.2 Å². The Hall–Kier alpha value is -2.99. The standard InChI is InChI=1S/C28H37ClFN7O2S/c1-4-12-37(14-11-31-2)13-9-27(38)34-26-18-21(8-10-32-26)33-25-19-24(22-17-20(29)6-7-23(22)30)35-36-28(25)39-15-5-16-40-3/h6-8,10,17-19,31H,4-5,9,11-16H2,1-3H3,(H2,32,33,34,35,38). The molecule has 3 N–H and O–H groups in total. The maximum atomic E-state index is 14.6. The van der Waals surface area contributed by atoms with Crippen LogP contribution in [-0.4, -0.2) is 77.8 Å². The van der Waals surface area contributed by atoms with E-state index in [2.05, 4.69) is 43.0 Å². The van der Waals surface area contributed by atoms with Crippen LogP contribution in [0.3, 0.4) is 0 Å². The molecule has 2 heterocycles. The minimum absolute atomic E-state index is 0.114. The monoisotopic (exact) mass is 589 g/mol. The Kier molecular flexibility index (Phi) is 13.4. The minimum atomic E-state index is -0.462. The number of likely N-dealkylation sites (N-methyl/N-ethyl adjacent to an activating group) is 1. The largest absolute Gasteiger partial charge is 0.475 e. The highest BCUT2D eigenvalue weighted by Gasteiger charge is 2.15. The van der Waals surface area contributed by atoms with Crippen molar-refractivity contribution in [2.75, 3.05) is 62.5 Å². The fourth-order valence-electron chi connectivity index (χ4n) is 3.89. The van der Waals surface area contributed by atoms with Crippen molar-refractivity contribution in [2.45, 2.75) is 26.2 Å². The van der Waals surface area contributed by atoms with Gasteiger partial charge in [0.2, 0.25) is 5.91 Å². The summed E-state index contributed by atoms with van der Waals surface area (Å²) in [4.78, 5) is 19.2. The summed E-state index contributed by atoms with van der Waals surface area (Å²) in [5, 5.41) is 18.1. The third-order valence-corrected chi connectivity index (χ3v) is 6.81. The van der Waals surface area contributed by atoms with Crippen LogP contribution in [0.15, 0.2) is 42.6 Å². The summed E-state index contributed by atoms with van der Waals surface area (Å²) < 4.78 is 20.4. The molecule has 40 heavy (non-hydrogen) atoms. The van der Waals surface area contributed by atoms with E-state index >= 15 is 0 Å². The summed E-state index contributed by atoms with van der Waals surface area (Å²) in [6.07, 6.45) is 5.86. The molecule has 9 nitrogen and oxygen atoms in total. The van der Waals surface area contributed by atoms with Crippen LogP contribution < -0.4 is 20.7 Å². The van der Waals surface area contributed by atoms with Crippen LogP contribution >= 0.6 is 23.4 Å². The molecular weight excluding hydrogens is 553 g/mol. The van der Waals surface area contributed by atoms with Crippen LogP contribution in [0.5, 0.6) is 5.88 Å². The van der Waals surface area contributed by atoms with Crippen molar-refractivity contribution in [1.82, 2.24) is 25.4 Å². The van der Waals surface area contributed by atoms with Crippen molar-refractivity contribution in [1.29, 1.82) is 0 Å². The maximum absolute atomic E-state index is 14.6. The first-order valence-corrected chi connectivity index (χ1v) is 15.1. The van der Waals surface area contributed by atoms with Crippen molar-refractivity contribution in [3.05, 3.63) is 53.4 Å². The quantitative estimate of drug-likeness (QED) is 0.177. The van der Waals surface area contributed by atoms with E-state index in [1.165, 1.54) is 18.2 Å². The number of carbonyl (C=O) groups is 1. The zero-order valence-corrected chi connectivity index (χ0v) is 24.7. The molecule has 12 heteroatoms. The van der Waals surface area contributed by atoms with Crippen molar-refractivity contribution >= 4 is 46.5 Å². The van der Waals surface area contributed by atoms with Crippen molar-refractivity contribution in [3.8, 4) is 17.1 Å². The Morgan fingerprint density at radius 2 is 2.00 bits per heavy atom. The van der Waals surface area contributed by atoms with E-state index in [0.717, 1.165) is 38.2 Å². The molecular formula is C28H37ClFN7O2S. The van der Waals surface area contributed by atoms with Gasteiger partial charge in [-0.25, -0.2) is 9.37 Å². The van der Waals surface area contributed by atoms with E-state index in [1.807, 2.05) is 13.3 Å². The molecule has 0 unspecified atom stereocenters. The molecule has 0 fully saturated rings. The van der Waals surface area contributed by atoms with Gasteiger partial charge < -0.3 is 25.6 Å². The number of amides is 1. The number of halogens is 2. The van der Waals surface area contributed by atoms with Gasteiger partial charge in [-0.15, -0.1) is 10.2 Å². The van der Waals surface area contributed by atoms with Gasteiger partial charge in [0.05, 0.1) is 12.3 Å². The number of aromatic nitrogens is 3. The molecule has 0 radical (unpaired) electrons. The van der Waals surface area contributed by atoms with Gasteiger partial charge in [0.25, 0.3) is 5.88 Å². The third-order valence-electron chi connectivity index (χ3n) is 5.88. The zero-order chi connectivity index (χ0) is 28.7. The maximum Gasteiger partial charge on any atom is 0.257 e. The van der Waals surface area contributed by atoms with Crippen LogP contribution in [0.4, 0.5) is 21.6 Å². The number of anilines is 3. The summed E-state index contributed by atoms with van der Waals surface area (Å²) in [7, 11) is 1.92. The molecule has 0 aliphatic heterocycles. The molecule has 3 rings (SSSR count). The molecule has 1 aromatic carbocycles. The molecule has 1 amide bonds. The summed E-state index contributed by atoms with van der Waals surface area (Å²) in [6, 6.07) is 9.42.